The van der Waals surface area contributed by atoms with E-state index >= 15 is 0 Å². The number of carbonyl (C=O) groups is 4. The molecule has 1 saturated heterocycles. The van der Waals surface area contributed by atoms with Crippen molar-refractivity contribution in [3.05, 3.63) is 22.3 Å². The van der Waals surface area contributed by atoms with Crippen LogP contribution in [0, 0.1) is 0 Å². The van der Waals surface area contributed by atoms with Crippen LogP contribution in [0.5, 0.6) is 5.19 Å². The van der Waals surface area contributed by atoms with Crippen LogP contribution in [0.15, 0.2) is 21.8 Å². The van der Waals surface area contributed by atoms with Crippen LogP contribution in [0.25, 0.3) is 0 Å². The van der Waals surface area contributed by atoms with E-state index in [1.807, 2.05) is 0 Å². The molecule has 2 amide bonds. The number of rotatable bonds is 8. The molecule has 2 atom stereocenters. The van der Waals surface area contributed by atoms with Gasteiger partial charge in [0.05, 0.1) is 11.7 Å². The molecule has 32 heavy (non-hydrogen) atoms. The normalized spacial score (nSPS) is 20.0. The molecule has 1 aromatic rings. The molecule has 2 N–H and O–H groups in total. The molecule has 1 fully saturated rings. The molecule has 1 aromatic heterocycles. The minimum Gasteiger partial charge on any atom is -0.543 e. The summed E-state index contributed by atoms with van der Waals surface area (Å²) in [6.07, 6.45) is 0. The number of esters is 1. The number of aromatic hydroxyl groups is 1. The predicted molar refractivity (Wildman–Crippen MR) is 106 cm³/mol. The molecule has 0 aliphatic carbocycles. The third-order valence-electron chi connectivity index (χ3n) is 4.21. The number of amides is 2. The topological polar surface area (TPSA) is 171 Å². The summed E-state index contributed by atoms with van der Waals surface area (Å²) in [5, 5.41) is 27.7. The minimum atomic E-state index is -1.58. The van der Waals surface area contributed by atoms with Gasteiger partial charge in [0.25, 0.3) is 17.0 Å². The van der Waals surface area contributed by atoms with Gasteiger partial charge in [-0.25, -0.2) is 4.98 Å². The van der Waals surface area contributed by atoms with Crippen LogP contribution in [-0.4, -0.2) is 74.8 Å². The summed E-state index contributed by atoms with van der Waals surface area (Å²) in [5.74, 6) is -3.45. The molecule has 12 nitrogen and oxygen atoms in total. The number of ether oxygens (including phenoxy) is 1. The number of carboxylic acid groups (broad SMARTS) is 1. The summed E-state index contributed by atoms with van der Waals surface area (Å²) in [5.41, 5.74) is -0.316. The zero-order valence-corrected chi connectivity index (χ0v) is 20.9. The average Bonchev–Trinajstić information content (AvgIpc) is 3.15. The number of nitrogens with one attached hydrogen (secondary N) is 1. The van der Waals surface area contributed by atoms with Gasteiger partial charge in [-0.05, 0) is 6.92 Å². The van der Waals surface area contributed by atoms with Gasteiger partial charge in [0, 0.05) is 23.6 Å². The summed E-state index contributed by atoms with van der Waals surface area (Å²) in [6, 6.07) is -1.03. The Hall–Kier alpha value is -2.13. The van der Waals surface area contributed by atoms with E-state index in [2.05, 4.69) is 15.5 Å². The second-order valence-corrected chi connectivity index (χ2v) is 8.20. The Morgan fingerprint density at radius 3 is 2.72 bits per heavy atom. The van der Waals surface area contributed by atoms with Crippen molar-refractivity contribution in [2.75, 3.05) is 19.0 Å². The Labute approximate surface area is 212 Å². The zero-order chi connectivity index (χ0) is 22.7. The maximum atomic E-state index is 12.7. The number of β-lactam (4-membered cyclic amide) rings is 1. The predicted octanol–water partition coefficient (Wildman–Crippen LogP) is -4.44. The van der Waals surface area contributed by atoms with Gasteiger partial charge in [-0.2, -0.15) is 0 Å². The second-order valence-electron chi connectivity index (χ2n) is 6.25. The first kappa shape index (κ1) is 26.1. The van der Waals surface area contributed by atoms with E-state index in [0.717, 1.165) is 16.2 Å². The van der Waals surface area contributed by atoms with Gasteiger partial charge in [0.2, 0.25) is 0 Å². The quantitative estimate of drug-likeness (QED) is 0.119. The van der Waals surface area contributed by atoms with Crippen molar-refractivity contribution in [3.63, 3.8) is 0 Å². The first-order valence-electron chi connectivity index (χ1n) is 8.91. The minimum absolute atomic E-state index is 0. The number of carboxylic acids is 1. The standard InChI is InChI=1S/C17H18N4O8S2.Na/c1-3-29-20-10(9-6-31-17(27)18-9)13(23)19-11-14(24)21-12(16(25)26)8(4-28-7(2)22)5-30-15(11)21;/h6,11,15H,3-5H2,1-2H3,(H,18,27)(H,19,23)(H,25,26);/q;+1/p-1/t11-,15-;/m1./s1. The largest absolute Gasteiger partial charge is 1.00 e. The number of oxime groups is 1. The molecule has 2 aliphatic heterocycles. The third kappa shape index (κ3) is 5.43. The van der Waals surface area contributed by atoms with Gasteiger partial charge in [-0.1, -0.05) is 16.5 Å². The van der Waals surface area contributed by atoms with Crippen LogP contribution in [0.2, 0.25) is 0 Å². The molecule has 15 heteroatoms. The zero-order valence-electron chi connectivity index (χ0n) is 17.3. The van der Waals surface area contributed by atoms with Crippen LogP contribution >= 0.6 is 23.1 Å². The van der Waals surface area contributed by atoms with E-state index in [1.54, 1.807) is 6.92 Å². The molecule has 3 heterocycles. The molecule has 2 aliphatic rings. The van der Waals surface area contributed by atoms with E-state index in [4.69, 9.17) is 9.57 Å². The number of carbonyl (C=O) groups excluding carboxylic acids is 4. The smallest absolute Gasteiger partial charge is 0.543 e. The Balaban J connectivity index is 0.00000363. The Morgan fingerprint density at radius 2 is 2.16 bits per heavy atom. The summed E-state index contributed by atoms with van der Waals surface area (Å²) in [6.45, 7) is 2.73. The van der Waals surface area contributed by atoms with Crippen LogP contribution < -0.4 is 40.0 Å². The summed E-state index contributed by atoms with van der Waals surface area (Å²) >= 11 is 2.09. The second kappa shape index (κ2) is 11.1. The summed E-state index contributed by atoms with van der Waals surface area (Å²) in [7, 11) is 0. The van der Waals surface area contributed by atoms with Crippen molar-refractivity contribution < 1.29 is 68.5 Å². The van der Waals surface area contributed by atoms with Gasteiger partial charge >= 0.3 is 35.5 Å². The molecule has 0 radical (unpaired) electrons. The number of aliphatic carboxylic acids is 1. The SMILES string of the molecule is CCON=C(C(=O)N[C@@H]1C(=O)N2C(C(=O)[O-])=C(COC(C)=O)CS[C@H]12)c1csc(O)n1.[Na+]. The van der Waals surface area contributed by atoms with Crippen molar-refractivity contribution in [1.82, 2.24) is 15.2 Å². The maximum Gasteiger partial charge on any atom is 1.00 e. The van der Waals surface area contributed by atoms with Crippen molar-refractivity contribution in [3.8, 4) is 5.19 Å². The Kier molecular flexibility index (Phi) is 9.09. The molecule has 0 bridgehead atoms. The molecule has 0 aromatic carbocycles. The van der Waals surface area contributed by atoms with E-state index < -0.39 is 35.2 Å². The first-order chi connectivity index (χ1) is 14.7. The van der Waals surface area contributed by atoms with Crippen molar-refractivity contribution >= 4 is 52.6 Å². The van der Waals surface area contributed by atoms with Crippen molar-refractivity contribution in [2.24, 2.45) is 5.16 Å². The summed E-state index contributed by atoms with van der Waals surface area (Å²) in [4.78, 5) is 57.7. The van der Waals surface area contributed by atoms with Gasteiger partial charge < -0.3 is 29.9 Å². The molecular formula is C17H17N4NaO8S2. The van der Waals surface area contributed by atoms with Crippen molar-refractivity contribution in [1.29, 1.82) is 0 Å². The van der Waals surface area contributed by atoms with Crippen LogP contribution in [0.3, 0.4) is 0 Å². The molecule has 166 valence electrons. The first-order valence-corrected chi connectivity index (χ1v) is 10.8. The number of hydrogen-bond acceptors (Lipinski definition) is 12. The van der Waals surface area contributed by atoms with Crippen LogP contribution in [-0.2, 0) is 28.8 Å². The monoisotopic (exact) mass is 492 g/mol. The fraction of sp³-hybridized carbons (Fsp3) is 0.412. The third-order valence-corrected chi connectivity index (χ3v) is 6.19. The fourth-order valence-electron chi connectivity index (χ4n) is 2.89. The number of hydrogen-bond donors (Lipinski definition) is 2. The number of nitrogens with zero attached hydrogens (tertiary/aromatic N) is 3. The molecular weight excluding hydrogens is 475 g/mol. The van der Waals surface area contributed by atoms with Gasteiger partial charge in [0.1, 0.15) is 30.3 Å². The number of thioether (sulfide) groups is 1. The fourth-order valence-corrected chi connectivity index (χ4v) is 4.75. The number of aromatic nitrogens is 1. The van der Waals surface area contributed by atoms with E-state index in [0.29, 0.717) is 0 Å². The van der Waals surface area contributed by atoms with E-state index in [-0.39, 0.29) is 76.4 Å². The van der Waals surface area contributed by atoms with E-state index in [1.165, 1.54) is 24.1 Å². The molecule has 0 saturated carbocycles. The molecule has 0 spiro atoms. The number of fused-ring (bicyclic) bond motifs is 1. The van der Waals surface area contributed by atoms with Crippen LogP contribution in [0.4, 0.5) is 0 Å². The van der Waals surface area contributed by atoms with E-state index in [9.17, 15) is 29.4 Å². The Morgan fingerprint density at radius 1 is 1.44 bits per heavy atom. The summed E-state index contributed by atoms with van der Waals surface area (Å²) < 4.78 is 4.85. The van der Waals surface area contributed by atoms with Gasteiger partial charge in [-0.15, -0.1) is 11.8 Å². The van der Waals surface area contributed by atoms with Crippen LogP contribution in [0.1, 0.15) is 19.5 Å². The van der Waals surface area contributed by atoms with Gasteiger partial charge in [0.15, 0.2) is 5.71 Å². The molecule has 0 unspecified atom stereocenters. The van der Waals surface area contributed by atoms with Gasteiger partial charge in [-0.3, -0.25) is 19.3 Å². The Bertz CT molecular complexity index is 995. The number of thiazole rings is 1. The van der Waals surface area contributed by atoms with Crippen molar-refractivity contribution in [2.45, 2.75) is 25.3 Å². The average molecular weight is 492 g/mol. The molecule has 3 rings (SSSR count). The maximum absolute atomic E-state index is 12.7.